The molecule has 0 amide bonds. The van der Waals surface area contributed by atoms with Crippen molar-refractivity contribution in [1.82, 2.24) is 14.2 Å². The Hall–Kier alpha value is -1.38. The van der Waals surface area contributed by atoms with Gasteiger partial charge in [0, 0.05) is 30.3 Å². The highest BCUT2D eigenvalue weighted by atomic mass is 31.2. The first-order valence-electron chi connectivity index (χ1n) is 13.0. The van der Waals surface area contributed by atoms with Gasteiger partial charge in [-0.1, -0.05) is 20.8 Å². The van der Waals surface area contributed by atoms with Crippen LogP contribution < -0.4 is 11.2 Å². The summed E-state index contributed by atoms with van der Waals surface area (Å²) in [5.74, 6) is 0. The average molecular weight is 557 g/mol. The van der Waals surface area contributed by atoms with Gasteiger partial charge in [-0.15, -0.1) is 0 Å². The van der Waals surface area contributed by atoms with Gasteiger partial charge in [-0.05, 0) is 52.8 Å². The Balaban J connectivity index is 2.38. The monoisotopic (exact) mass is 556 g/mol. The van der Waals surface area contributed by atoms with Gasteiger partial charge in [-0.3, -0.25) is 14.3 Å². The van der Waals surface area contributed by atoms with E-state index in [9.17, 15) is 9.59 Å². The Morgan fingerprint density at radius 1 is 1.27 bits per heavy atom. The molecule has 4 atom stereocenters. The molecular formula is C25H45N4O6PSi. The number of nitriles is 1. The summed E-state index contributed by atoms with van der Waals surface area (Å²) in [6, 6.07) is 2.42. The molecule has 1 aliphatic heterocycles. The molecule has 1 aliphatic rings. The van der Waals surface area contributed by atoms with Crippen LogP contribution in [0, 0.1) is 18.3 Å². The lowest BCUT2D eigenvalue weighted by atomic mass is 10.2. The number of hydrogen-bond donors (Lipinski definition) is 1. The number of nitrogens with one attached hydrogen (secondary N) is 1. The number of hydrogen-bond acceptors (Lipinski definition) is 8. The van der Waals surface area contributed by atoms with Gasteiger partial charge in [0.05, 0.1) is 31.8 Å². The number of nitrogens with zero attached hydrogens (tertiary/aromatic N) is 3. The predicted octanol–water partition coefficient (Wildman–Crippen LogP) is 4.82. The van der Waals surface area contributed by atoms with Crippen LogP contribution in [0.15, 0.2) is 15.8 Å². The van der Waals surface area contributed by atoms with Gasteiger partial charge < -0.3 is 18.2 Å². The molecule has 1 N–H and O–H groups in total. The van der Waals surface area contributed by atoms with Crippen molar-refractivity contribution in [2.75, 3.05) is 13.2 Å². The standard InChI is InChI=1S/C25H45N4O6PSi/c1-17(2)29(18(3)4)36(32-13-11-12-26)35-20-14-22(28-15-19(5)23(30)27-24(28)31)34-21(20)16-33-37(9,10)25(6,7)8/h15,17-18,20-22H,11,13-14,16H2,1-10H3,(H,27,30,31)/t20-,21+,22+,36?/m0/s1. The van der Waals surface area contributed by atoms with Gasteiger partial charge in [0.25, 0.3) is 14.1 Å². The smallest absolute Gasteiger partial charge is 0.330 e. The van der Waals surface area contributed by atoms with Crippen LogP contribution in [0.2, 0.25) is 18.1 Å². The zero-order valence-electron chi connectivity index (χ0n) is 24.0. The molecule has 2 rings (SSSR count). The van der Waals surface area contributed by atoms with Crippen LogP contribution in [0.3, 0.4) is 0 Å². The van der Waals surface area contributed by atoms with Crippen LogP contribution in [0.5, 0.6) is 0 Å². The second-order valence-electron chi connectivity index (χ2n) is 11.6. The molecule has 210 valence electrons. The first-order valence-corrected chi connectivity index (χ1v) is 17.0. The van der Waals surface area contributed by atoms with Crippen molar-refractivity contribution in [3.63, 3.8) is 0 Å². The highest BCUT2D eigenvalue weighted by Crippen LogP contribution is 2.50. The van der Waals surface area contributed by atoms with E-state index in [4.69, 9.17) is 23.5 Å². The molecule has 0 spiro atoms. The molecule has 10 nitrogen and oxygen atoms in total. The van der Waals surface area contributed by atoms with Crippen molar-refractivity contribution >= 4 is 16.8 Å². The molecule has 12 heteroatoms. The van der Waals surface area contributed by atoms with Crippen molar-refractivity contribution in [2.24, 2.45) is 0 Å². The Bertz CT molecular complexity index is 1040. The molecule has 2 heterocycles. The van der Waals surface area contributed by atoms with Crippen molar-refractivity contribution in [1.29, 1.82) is 5.26 Å². The maximum Gasteiger partial charge on any atom is 0.330 e. The Morgan fingerprint density at radius 3 is 2.43 bits per heavy atom. The highest BCUT2D eigenvalue weighted by molar-refractivity contribution is 7.44. The minimum Gasteiger partial charge on any atom is -0.414 e. The Kier molecular flexibility index (Phi) is 11.3. The maximum absolute atomic E-state index is 12.6. The number of rotatable bonds is 12. The van der Waals surface area contributed by atoms with Crippen LogP contribution >= 0.6 is 8.53 Å². The minimum atomic E-state index is -2.08. The molecule has 0 bridgehead atoms. The molecular weight excluding hydrogens is 511 g/mol. The average Bonchev–Trinajstić information content (AvgIpc) is 3.16. The number of ether oxygens (including phenoxy) is 1. The van der Waals surface area contributed by atoms with Crippen LogP contribution in [0.1, 0.15) is 73.1 Å². The van der Waals surface area contributed by atoms with E-state index in [2.05, 4.69) is 77.3 Å². The summed E-state index contributed by atoms with van der Waals surface area (Å²) in [5.41, 5.74) is -0.512. The summed E-state index contributed by atoms with van der Waals surface area (Å²) >= 11 is 0. The van der Waals surface area contributed by atoms with E-state index in [0.29, 0.717) is 18.6 Å². The van der Waals surface area contributed by atoms with E-state index in [1.54, 1.807) is 6.92 Å². The molecule has 0 aromatic carbocycles. The number of H-pyrrole nitrogens is 1. The normalized spacial score (nSPS) is 21.7. The molecule has 37 heavy (non-hydrogen) atoms. The number of aromatic amines is 1. The summed E-state index contributed by atoms with van der Waals surface area (Å²) in [7, 11) is -3.59. The number of aromatic nitrogens is 2. The van der Waals surface area contributed by atoms with Gasteiger partial charge in [-0.25, -0.2) is 9.46 Å². The molecule has 1 aromatic heterocycles. The Labute approximate surface area is 223 Å². The van der Waals surface area contributed by atoms with Gasteiger partial charge in [0.2, 0.25) is 0 Å². The topological polar surface area (TPSA) is 119 Å². The van der Waals surface area contributed by atoms with Crippen LogP contribution in [-0.2, 0) is 18.2 Å². The summed E-state index contributed by atoms with van der Waals surface area (Å²) in [6.07, 6.45) is 0.705. The third kappa shape index (κ3) is 8.30. The highest BCUT2D eigenvalue weighted by Gasteiger charge is 2.44. The molecule has 0 radical (unpaired) electrons. The molecule has 0 aliphatic carbocycles. The fourth-order valence-electron chi connectivity index (χ4n) is 3.85. The lowest BCUT2D eigenvalue weighted by molar-refractivity contribution is -0.0413. The van der Waals surface area contributed by atoms with E-state index >= 15 is 0 Å². The van der Waals surface area contributed by atoms with Crippen LogP contribution in [0.25, 0.3) is 0 Å². The van der Waals surface area contributed by atoms with Crippen molar-refractivity contribution in [3.8, 4) is 6.07 Å². The second kappa shape index (κ2) is 13.1. The maximum atomic E-state index is 12.6. The van der Waals surface area contributed by atoms with E-state index in [1.807, 2.05) is 0 Å². The lowest BCUT2D eigenvalue weighted by Crippen LogP contribution is -2.44. The van der Waals surface area contributed by atoms with Gasteiger partial charge in [0.15, 0.2) is 8.32 Å². The van der Waals surface area contributed by atoms with Crippen molar-refractivity contribution < 1.29 is 18.2 Å². The fourth-order valence-corrected chi connectivity index (χ4v) is 6.62. The second-order valence-corrected chi connectivity index (χ2v) is 17.8. The Morgan fingerprint density at radius 2 is 1.89 bits per heavy atom. The summed E-state index contributed by atoms with van der Waals surface area (Å²) in [4.78, 5) is 26.9. The zero-order chi connectivity index (χ0) is 28.1. The summed E-state index contributed by atoms with van der Waals surface area (Å²) in [6.45, 7) is 21.5. The molecule has 1 aromatic rings. The quantitative estimate of drug-likeness (QED) is 0.221. The van der Waals surface area contributed by atoms with Crippen LogP contribution in [-0.4, -0.2) is 60.0 Å². The largest absolute Gasteiger partial charge is 0.414 e. The fraction of sp³-hybridized carbons (Fsp3) is 0.800. The molecule has 0 saturated carbocycles. The SMILES string of the molecule is Cc1cn([C@H]2C[C@H](OP(OCCC#N)N(C(C)C)C(C)C)[C@@H](CO[Si](C)(C)C(C)(C)C)O2)c(=O)[nH]c1=O. The summed E-state index contributed by atoms with van der Waals surface area (Å²) in [5, 5.41) is 9.06. The number of aryl methyl sites for hydroxylation is 1. The van der Waals surface area contributed by atoms with Gasteiger partial charge in [-0.2, -0.15) is 5.26 Å². The van der Waals surface area contributed by atoms with Gasteiger partial charge >= 0.3 is 5.69 Å². The first-order chi connectivity index (χ1) is 17.1. The van der Waals surface area contributed by atoms with E-state index in [-0.39, 0.29) is 30.1 Å². The zero-order valence-corrected chi connectivity index (χ0v) is 25.9. The third-order valence-corrected chi connectivity index (χ3v) is 13.6. The van der Waals surface area contributed by atoms with Gasteiger partial charge in [0.1, 0.15) is 12.3 Å². The minimum absolute atomic E-state index is 0.0213. The molecule has 1 unspecified atom stereocenters. The van der Waals surface area contributed by atoms with E-state index < -0.39 is 46.5 Å². The summed E-state index contributed by atoms with van der Waals surface area (Å²) < 4.78 is 29.2. The molecule has 1 saturated heterocycles. The first kappa shape index (κ1) is 31.8. The third-order valence-electron chi connectivity index (χ3n) is 6.94. The van der Waals surface area contributed by atoms with Crippen molar-refractivity contribution in [2.45, 2.75) is 117 Å². The predicted molar refractivity (Wildman–Crippen MR) is 148 cm³/mol. The molecule has 1 fully saturated rings. The van der Waals surface area contributed by atoms with Crippen molar-refractivity contribution in [3.05, 3.63) is 32.6 Å². The van der Waals surface area contributed by atoms with E-state index in [0.717, 1.165) is 0 Å². The van der Waals surface area contributed by atoms with E-state index in [1.165, 1.54) is 10.8 Å². The lowest BCUT2D eigenvalue weighted by Gasteiger charge is -2.39. The van der Waals surface area contributed by atoms with Crippen LogP contribution in [0.4, 0.5) is 0 Å².